The fraction of sp³-hybridized carbons (Fsp3) is 0.929. The molecule has 0 spiro atoms. The topological polar surface area (TPSA) is 36.9 Å². The smallest absolute Gasteiger partial charge is 0.146 e. The quantitative estimate of drug-likeness (QED) is 0.299. The third-order valence-electron chi connectivity index (χ3n) is 7.72. The fourth-order valence-electron chi connectivity index (χ4n) is 5.50. The summed E-state index contributed by atoms with van der Waals surface area (Å²) >= 11 is 0. The molecule has 0 saturated carbocycles. The Hall–Kier alpha value is 2.05. The van der Waals surface area contributed by atoms with E-state index in [9.17, 15) is 0 Å². The first kappa shape index (κ1) is 38.2. The van der Waals surface area contributed by atoms with Crippen molar-refractivity contribution in [3.63, 3.8) is 0 Å². The average molecular weight is 633 g/mol. The van der Waals surface area contributed by atoms with Gasteiger partial charge in [-0.05, 0) is 75.0 Å². The molecule has 1 saturated heterocycles. The summed E-state index contributed by atoms with van der Waals surface area (Å²) in [5, 5.41) is 0. The van der Waals surface area contributed by atoms with Gasteiger partial charge in [-0.3, -0.25) is 0 Å². The first-order valence-corrected chi connectivity index (χ1v) is 13.4. The first-order valence-electron chi connectivity index (χ1n) is 13.4. The molecule has 0 aliphatic carbocycles. The minimum absolute atomic E-state index is 0. The van der Waals surface area contributed by atoms with Crippen LogP contribution in [0.4, 0.5) is 0 Å². The van der Waals surface area contributed by atoms with Crippen LogP contribution in [0.1, 0.15) is 91.9 Å². The molecule has 0 N–H and O–H groups in total. The van der Waals surface area contributed by atoms with Gasteiger partial charge in [0, 0.05) is 91.8 Å². The van der Waals surface area contributed by atoms with Gasteiger partial charge in [0.25, 0.3) is 0 Å². The van der Waals surface area contributed by atoms with Crippen LogP contribution < -0.4 is 0 Å². The number of ether oxygens (including phenoxy) is 4. The van der Waals surface area contributed by atoms with Crippen LogP contribution in [0.2, 0.25) is 0 Å². The van der Waals surface area contributed by atoms with E-state index in [4.69, 9.17) is 18.9 Å². The molecule has 0 bridgehead atoms. The third kappa shape index (κ3) is 17.5. The number of rotatable bonds is 2. The van der Waals surface area contributed by atoms with Gasteiger partial charge in [-0.1, -0.05) is 39.5 Å². The van der Waals surface area contributed by atoms with Crippen molar-refractivity contribution in [1.82, 2.24) is 0 Å². The molecule has 0 amide bonds. The second-order valence-electron chi connectivity index (χ2n) is 10.3. The van der Waals surface area contributed by atoms with Crippen molar-refractivity contribution in [2.45, 2.75) is 91.9 Å². The Kier molecular flexibility index (Phi) is 28.5. The van der Waals surface area contributed by atoms with Crippen LogP contribution in [0.3, 0.4) is 0 Å². The van der Waals surface area contributed by atoms with Gasteiger partial charge >= 0.3 is 0 Å². The molecule has 4 unspecified atom stereocenters. The van der Waals surface area contributed by atoms with Gasteiger partial charge < -0.3 is 32.8 Å². The van der Waals surface area contributed by atoms with E-state index in [1.165, 1.54) is 25.7 Å². The van der Waals surface area contributed by atoms with Crippen LogP contribution in [-0.2, 0) is 84.4 Å². The van der Waals surface area contributed by atoms with Gasteiger partial charge in [-0.2, -0.15) is 12.8 Å². The molecule has 198 valence electrons. The van der Waals surface area contributed by atoms with Crippen molar-refractivity contribution in [1.29, 1.82) is 0 Å². The van der Waals surface area contributed by atoms with Gasteiger partial charge in [-0.25, -0.2) is 0 Å². The molecule has 4 nitrogen and oxygen atoms in total. The molecule has 1 heterocycles. The summed E-state index contributed by atoms with van der Waals surface area (Å²) in [6, 6.07) is 0. The van der Waals surface area contributed by atoms with Crippen LogP contribution in [0.15, 0.2) is 0 Å². The molecule has 1 rings (SSSR count). The van der Waals surface area contributed by atoms with Gasteiger partial charge in [0.15, 0.2) is 0 Å². The maximum atomic E-state index is 5.73. The first-order chi connectivity index (χ1) is 15.5. The van der Waals surface area contributed by atoms with Crippen molar-refractivity contribution in [2.24, 2.45) is 35.5 Å². The van der Waals surface area contributed by atoms with Crippen molar-refractivity contribution < 1.29 is 84.4 Å². The minimum atomic E-state index is 0. The summed E-state index contributed by atoms with van der Waals surface area (Å²) in [7, 11) is 0. The van der Waals surface area contributed by atoms with Gasteiger partial charge in [0.05, 0.1) is 0 Å². The van der Waals surface area contributed by atoms with Crippen molar-refractivity contribution in [3.8, 4) is 0 Å². The van der Waals surface area contributed by atoms with Crippen LogP contribution in [-0.4, -0.2) is 40.0 Å². The minimum Gasteiger partial charge on any atom is -0.355 e. The van der Waals surface area contributed by atoms with E-state index in [0.717, 1.165) is 65.0 Å². The van der Waals surface area contributed by atoms with Gasteiger partial charge in [0.1, 0.15) is 13.6 Å². The Labute approximate surface area is 263 Å². The summed E-state index contributed by atoms with van der Waals surface area (Å²) in [5.74, 6) is 4.02. The molecule has 0 aromatic rings. The van der Waals surface area contributed by atoms with Crippen molar-refractivity contribution >= 4 is 0 Å². The largest absolute Gasteiger partial charge is 0.355 e. The van der Waals surface area contributed by atoms with E-state index < -0.39 is 0 Å². The zero-order chi connectivity index (χ0) is 23.6. The Morgan fingerprint density at radius 1 is 0.500 bits per heavy atom. The third-order valence-corrected chi connectivity index (χ3v) is 7.72. The second-order valence-corrected chi connectivity index (χ2v) is 10.3. The van der Waals surface area contributed by atoms with Crippen LogP contribution in [0, 0.1) is 49.4 Å². The molecule has 6 heteroatoms. The summed E-state index contributed by atoms with van der Waals surface area (Å²) in [6.45, 7) is 21.9. The summed E-state index contributed by atoms with van der Waals surface area (Å²) < 4.78 is 22.9. The normalized spacial score (nSPS) is 33.0. The van der Waals surface area contributed by atoms with E-state index in [2.05, 4.69) is 41.5 Å². The van der Waals surface area contributed by atoms with Crippen LogP contribution in [0.5, 0.6) is 0 Å². The molecule has 1 aliphatic rings. The summed E-state index contributed by atoms with van der Waals surface area (Å²) in [4.78, 5) is 0. The van der Waals surface area contributed by atoms with E-state index in [-0.39, 0.29) is 65.4 Å². The molecule has 1 aliphatic heterocycles. The summed E-state index contributed by atoms with van der Waals surface area (Å²) in [5.41, 5.74) is 0. The van der Waals surface area contributed by atoms with Crippen LogP contribution in [0.25, 0.3) is 0 Å². The Bertz CT molecular complexity index is 357. The van der Waals surface area contributed by atoms with E-state index in [1.54, 1.807) is 0 Å². The molecular formula is C28H54O4Y2-2. The second kappa shape index (κ2) is 25.3. The monoisotopic (exact) mass is 632 g/mol. The number of hydrogen-bond donors (Lipinski definition) is 0. The van der Waals surface area contributed by atoms with Crippen LogP contribution >= 0.6 is 0 Å². The molecular weight excluding hydrogens is 578 g/mol. The molecule has 2 radical (unpaired) electrons. The number of hydrogen-bond acceptors (Lipinski definition) is 4. The molecule has 0 aromatic heterocycles. The Morgan fingerprint density at radius 2 is 0.735 bits per heavy atom. The predicted octanol–water partition coefficient (Wildman–Crippen LogP) is 7.32. The van der Waals surface area contributed by atoms with Gasteiger partial charge in [0.2, 0.25) is 0 Å². The van der Waals surface area contributed by atoms with Crippen molar-refractivity contribution in [2.75, 3.05) is 40.0 Å². The fourth-order valence-corrected chi connectivity index (χ4v) is 5.50. The molecule has 4 atom stereocenters. The predicted molar refractivity (Wildman–Crippen MR) is 134 cm³/mol. The zero-order valence-corrected chi connectivity index (χ0v) is 28.7. The van der Waals surface area contributed by atoms with E-state index in [0.29, 0.717) is 49.1 Å². The zero-order valence-electron chi connectivity index (χ0n) is 23.0. The maximum Gasteiger partial charge on any atom is 0.146 e. The Balaban J connectivity index is 0. The van der Waals surface area contributed by atoms with E-state index >= 15 is 0 Å². The van der Waals surface area contributed by atoms with E-state index in [1.807, 2.05) is 0 Å². The SMILES string of the molecule is [CH2-]CC1C(C)CCCOCOCCCC(C)C(C[CH2-])C(C)CCCOCOCCCC1C.[Y].[Y]. The molecule has 34 heavy (non-hydrogen) atoms. The van der Waals surface area contributed by atoms with Gasteiger partial charge in [-0.15, -0.1) is 0 Å². The standard InChI is InChI=1S/C28H54O4.2Y/c1-7-27-23(3)13-9-17-29-21-31-19-11-15-25(5)28(8-2)26(6)16-12-20-32-22-30-18-10-14-24(27)4;;/h23-28H,1-2,7-22H2,3-6H3;;/q-2;;. The molecule has 1 fully saturated rings. The van der Waals surface area contributed by atoms with Crippen molar-refractivity contribution in [3.05, 3.63) is 13.8 Å². The Morgan fingerprint density at radius 3 is 0.941 bits per heavy atom. The average Bonchev–Trinajstić information content (AvgIpc) is 2.77. The summed E-state index contributed by atoms with van der Waals surface area (Å²) in [6.07, 6.45) is 11.1. The maximum absolute atomic E-state index is 5.73. The molecule has 0 aromatic carbocycles.